The predicted octanol–water partition coefficient (Wildman–Crippen LogP) is 4.44. The van der Waals surface area contributed by atoms with Crippen LogP contribution in [0.15, 0.2) is 72.4 Å². The summed E-state index contributed by atoms with van der Waals surface area (Å²) in [4.78, 5) is 12.8. The van der Waals surface area contributed by atoms with Crippen molar-refractivity contribution in [1.29, 1.82) is 0 Å². The molecule has 0 fully saturated rings. The number of carbonyl (C=O) groups is 1. The topological polar surface area (TPSA) is 67.8 Å². The second-order valence-corrected chi connectivity index (χ2v) is 7.54. The molecule has 1 aliphatic rings. The number of amides is 1. The lowest BCUT2D eigenvalue weighted by Crippen LogP contribution is -2.24. The number of ether oxygens (including phenoxy) is 2. The molecular formula is C26H25NO4. The molecule has 5 heteroatoms. The number of benzene rings is 3. The Morgan fingerprint density at radius 2 is 1.87 bits per heavy atom. The van der Waals surface area contributed by atoms with Crippen molar-refractivity contribution in [2.75, 3.05) is 13.7 Å². The molecule has 1 unspecified atom stereocenters. The van der Waals surface area contributed by atoms with E-state index in [1.165, 1.54) is 11.1 Å². The first kappa shape index (κ1) is 20.7. The number of aliphatic hydroxyl groups is 1. The second kappa shape index (κ2) is 9.06. The van der Waals surface area contributed by atoms with E-state index in [9.17, 15) is 9.90 Å². The van der Waals surface area contributed by atoms with Gasteiger partial charge in [-0.15, -0.1) is 0 Å². The molecule has 2 N–H and O–H groups in total. The van der Waals surface area contributed by atoms with Crippen LogP contribution in [0.3, 0.4) is 0 Å². The summed E-state index contributed by atoms with van der Waals surface area (Å²) in [6.07, 6.45) is 1.70. The predicted molar refractivity (Wildman–Crippen MR) is 120 cm³/mol. The standard InChI is InChI=1S/C26H25NO4/c1-17-6-5-7-18(14-17)12-13-31-24-16-20(10-11-23(24)30-2)26(29)27-22-15-19-8-3-4-9-21(19)25(22)28/h3-11,14-16,25,28H,12-13H2,1-2H3,(H,27,29). The van der Waals surface area contributed by atoms with E-state index in [-0.39, 0.29) is 5.91 Å². The van der Waals surface area contributed by atoms with Gasteiger partial charge < -0.3 is 19.9 Å². The first-order valence-corrected chi connectivity index (χ1v) is 10.2. The quantitative estimate of drug-likeness (QED) is 0.599. The van der Waals surface area contributed by atoms with Gasteiger partial charge in [-0.25, -0.2) is 0 Å². The van der Waals surface area contributed by atoms with Gasteiger partial charge in [-0.3, -0.25) is 4.79 Å². The Balaban J connectivity index is 1.45. The lowest BCUT2D eigenvalue weighted by molar-refractivity contribution is 0.0949. The fourth-order valence-corrected chi connectivity index (χ4v) is 3.69. The van der Waals surface area contributed by atoms with Crippen LogP contribution in [0.4, 0.5) is 0 Å². The van der Waals surface area contributed by atoms with Crippen molar-refractivity contribution < 1.29 is 19.4 Å². The van der Waals surface area contributed by atoms with Gasteiger partial charge in [0.05, 0.1) is 19.4 Å². The number of aryl methyl sites for hydroxylation is 1. The van der Waals surface area contributed by atoms with Gasteiger partial charge in [0, 0.05) is 12.0 Å². The summed E-state index contributed by atoms with van der Waals surface area (Å²) in [6, 6.07) is 20.9. The smallest absolute Gasteiger partial charge is 0.255 e. The SMILES string of the molecule is COc1ccc(C(=O)NC2=Cc3ccccc3C2O)cc1OCCc1cccc(C)c1. The van der Waals surface area contributed by atoms with Gasteiger partial charge in [0.1, 0.15) is 6.10 Å². The highest BCUT2D eigenvalue weighted by molar-refractivity contribution is 5.97. The van der Waals surface area contributed by atoms with E-state index >= 15 is 0 Å². The summed E-state index contributed by atoms with van der Waals surface area (Å²) in [5, 5.41) is 13.3. The molecule has 0 aliphatic heterocycles. The van der Waals surface area contributed by atoms with E-state index < -0.39 is 6.10 Å². The molecule has 0 aromatic heterocycles. The van der Waals surface area contributed by atoms with Gasteiger partial charge in [0.25, 0.3) is 5.91 Å². The van der Waals surface area contributed by atoms with E-state index in [1.807, 2.05) is 30.3 Å². The number of methoxy groups -OCH3 is 1. The molecule has 1 amide bonds. The number of hydrogen-bond donors (Lipinski definition) is 2. The molecule has 0 radical (unpaired) electrons. The Labute approximate surface area is 182 Å². The van der Waals surface area contributed by atoms with Gasteiger partial charge in [-0.1, -0.05) is 54.1 Å². The van der Waals surface area contributed by atoms with Crippen molar-refractivity contribution >= 4 is 12.0 Å². The number of aliphatic hydroxyl groups excluding tert-OH is 1. The summed E-state index contributed by atoms with van der Waals surface area (Å²) in [5.74, 6) is 0.754. The zero-order valence-electron chi connectivity index (χ0n) is 17.6. The molecule has 0 heterocycles. The van der Waals surface area contributed by atoms with Crippen LogP contribution < -0.4 is 14.8 Å². The number of carbonyl (C=O) groups excluding carboxylic acids is 1. The van der Waals surface area contributed by atoms with Crippen molar-refractivity contribution in [3.8, 4) is 11.5 Å². The van der Waals surface area contributed by atoms with Gasteiger partial charge in [-0.2, -0.15) is 0 Å². The van der Waals surface area contributed by atoms with Gasteiger partial charge in [0.15, 0.2) is 11.5 Å². The van der Waals surface area contributed by atoms with Gasteiger partial charge in [-0.05, 0) is 47.9 Å². The third-order valence-corrected chi connectivity index (χ3v) is 5.31. The minimum Gasteiger partial charge on any atom is -0.493 e. The molecule has 3 aromatic rings. The third-order valence-electron chi connectivity index (χ3n) is 5.31. The molecule has 3 aromatic carbocycles. The average Bonchev–Trinajstić information content (AvgIpc) is 3.09. The van der Waals surface area contributed by atoms with Crippen LogP contribution >= 0.6 is 0 Å². The van der Waals surface area contributed by atoms with E-state index in [1.54, 1.807) is 31.4 Å². The van der Waals surface area contributed by atoms with E-state index in [4.69, 9.17) is 9.47 Å². The molecule has 158 valence electrons. The second-order valence-electron chi connectivity index (χ2n) is 7.54. The van der Waals surface area contributed by atoms with Crippen LogP contribution in [0.25, 0.3) is 6.08 Å². The number of fused-ring (bicyclic) bond motifs is 1. The average molecular weight is 415 g/mol. The van der Waals surface area contributed by atoms with E-state index in [0.29, 0.717) is 29.4 Å². The van der Waals surface area contributed by atoms with E-state index in [0.717, 1.165) is 17.5 Å². The van der Waals surface area contributed by atoms with Crippen LogP contribution in [0.1, 0.15) is 38.7 Å². The van der Waals surface area contributed by atoms with Crippen molar-refractivity contribution in [1.82, 2.24) is 5.32 Å². The normalized spacial score (nSPS) is 14.5. The largest absolute Gasteiger partial charge is 0.493 e. The first-order chi connectivity index (χ1) is 15.0. The minimum atomic E-state index is -0.844. The van der Waals surface area contributed by atoms with Crippen LogP contribution in [0, 0.1) is 6.92 Å². The van der Waals surface area contributed by atoms with Crippen molar-refractivity contribution in [3.63, 3.8) is 0 Å². The monoisotopic (exact) mass is 415 g/mol. The molecule has 1 aliphatic carbocycles. The zero-order chi connectivity index (χ0) is 21.8. The summed E-state index contributed by atoms with van der Waals surface area (Å²) >= 11 is 0. The molecule has 0 saturated heterocycles. The highest BCUT2D eigenvalue weighted by Gasteiger charge is 2.24. The Bertz CT molecular complexity index is 1140. The molecular weight excluding hydrogens is 390 g/mol. The van der Waals surface area contributed by atoms with Crippen LogP contribution in [0.5, 0.6) is 11.5 Å². The van der Waals surface area contributed by atoms with Gasteiger partial charge in [0.2, 0.25) is 0 Å². The van der Waals surface area contributed by atoms with Crippen LogP contribution in [-0.4, -0.2) is 24.7 Å². The lowest BCUT2D eigenvalue weighted by Gasteiger charge is -2.14. The lowest BCUT2D eigenvalue weighted by atomic mass is 10.1. The minimum absolute atomic E-state index is 0.315. The highest BCUT2D eigenvalue weighted by Crippen LogP contribution is 2.33. The molecule has 0 spiro atoms. The third kappa shape index (κ3) is 4.62. The molecule has 0 bridgehead atoms. The van der Waals surface area contributed by atoms with Crippen LogP contribution in [0.2, 0.25) is 0 Å². The molecule has 1 atom stereocenters. The van der Waals surface area contributed by atoms with Crippen LogP contribution in [-0.2, 0) is 6.42 Å². The molecule has 31 heavy (non-hydrogen) atoms. The molecule has 0 saturated carbocycles. The zero-order valence-corrected chi connectivity index (χ0v) is 17.6. The Kier molecular flexibility index (Phi) is 6.05. The van der Waals surface area contributed by atoms with Crippen molar-refractivity contribution in [2.45, 2.75) is 19.4 Å². The van der Waals surface area contributed by atoms with Crippen molar-refractivity contribution in [2.24, 2.45) is 0 Å². The number of nitrogens with one attached hydrogen (secondary N) is 1. The maximum Gasteiger partial charge on any atom is 0.255 e. The van der Waals surface area contributed by atoms with E-state index in [2.05, 4.69) is 30.4 Å². The molecule has 5 nitrogen and oxygen atoms in total. The fraction of sp³-hybridized carbons (Fsp3) is 0.192. The van der Waals surface area contributed by atoms with Crippen molar-refractivity contribution in [3.05, 3.63) is 100 Å². The Morgan fingerprint density at radius 3 is 2.65 bits per heavy atom. The molecule has 4 rings (SSSR count). The highest BCUT2D eigenvalue weighted by atomic mass is 16.5. The Hall–Kier alpha value is -3.57. The summed E-state index contributed by atoms with van der Waals surface area (Å²) in [5.41, 5.74) is 4.97. The number of hydrogen-bond acceptors (Lipinski definition) is 4. The summed E-state index contributed by atoms with van der Waals surface area (Å²) in [6.45, 7) is 2.52. The Morgan fingerprint density at radius 1 is 1.03 bits per heavy atom. The van der Waals surface area contributed by atoms with Gasteiger partial charge >= 0.3 is 0 Å². The maximum atomic E-state index is 12.8. The number of rotatable bonds is 7. The maximum absolute atomic E-state index is 12.8. The first-order valence-electron chi connectivity index (χ1n) is 10.2. The fourth-order valence-electron chi connectivity index (χ4n) is 3.69. The summed E-state index contributed by atoms with van der Waals surface area (Å²) < 4.78 is 11.3. The summed E-state index contributed by atoms with van der Waals surface area (Å²) in [7, 11) is 1.57.